The molecule has 0 radical (unpaired) electrons. The highest BCUT2D eigenvalue weighted by Gasteiger charge is 2.24. The summed E-state index contributed by atoms with van der Waals surface area (Å²) in [6, 6.07) is 18.8. The fourth-order valence-corrected chi connectivity index (χ4v) is 4.23. The lowest BCUT2D eigenvalue weighted by molar-refractivity contribution is -0.384. The Labute approximate surface area is 152 Å². The lowest BCUT2D eigenvalue weighted by atomic mass is 10.0. The van der Waals surface area contributed by atoms with Crippen molar-refractivity contribution in [1.29, 1.82) is 0 Å². The lowest BCUT2D eigenvalue weighted by Crippen LogP contribution is -2.03. The van der Waals surface area contributed by atoms with Crippen LogP contribution in [0, 0.1) is 10.1 Å². The van der Waals surface area contributed by atoms with Crippen LogP contribution in [0.3, 0.4) is 0 Å². The molecular formula is C20H12N2O3S. The molecule has 3 aromatic carbocycles. The molecule has 0 bridgehead atoms. The van der Waals surface area contributed by atoms with Crippen LogP contribution in [0.5, 0.6) is 5.75 Å². The molecule has 0 atom stereocenters. The van der Waals surface area contributed by atoms with Gasteiger partial charge >= 0.3 is 0 Å². The highest BCUT2D eigenvalue weighted by molar-refractivity contribution is 7.15. The van der Waals surface area contributed by atoms with Gasteiger partial charge in [-0.1, -0.05) is 30.3 Å². The van der Waals surface area contributed by atoms with Gasteiger partial charge in [-0.3, -0.25) is 10.1 Å². The molecule has 0 aliphatic carbocycles. The molecule has 6 heteroatoms. The predicted octanol–water partition coefficient (Wildman–Crippen LogP) is 5.43. The van der Waals surface area contributed by atoms with Gasteiger partial charge in [0.15, 0.2) is 0 Å². The van der Waals surface area contributed by atoms with Crippen molar-refractivity contribution in [1.82, 2.24) is 4.98 Å². The first-order valence-corrected chi connectivity index (χ1v) is 8.92. The Morgan fingerprint density at radius 2 is 1.85 bits per heavy atom. The molecule has 2 heterocycles. The summed E-state index contributed by atoms with van der Waals surface area (Å²) >= 11 is 1.57. The zero-order valence-corrected chi connectivity index (χ0v) is 14.3. The monoisotopic (exact) mass is 360 g/mol. The van der Waals surface area contributed by atoms with E-state index in [0.717, 1.165) is 43.2 Å². The number of nitrogens with zero attached hydrogens (tertiary/aromatic N) is 2. The Bertz CT molecular complexity index is 1170. The van der Waals surface area contributed by atoms with Crippen molar-refractivity contribution < 1.29 is 9.66 Å². The third-order valence-electron chi connectivity index (χ3n) is 4.50. The standard InChI is InChI=1S/C20H12N2O3S/c23-22(24)14-8-5-13(6-9-14)20-21-18-16-10-7-12-3-1-2-4-15(12)19(16)25-11-17(18)26-20/h1-10H,11H2. The molecular weight excluding hydrogens is 348 g/mol. The number of ether oxygens (including phenoxy) is 1. The van der Waals surface area contributed by atoms with Crippen LogP contribution >= 0.6 is 11.3 Å². The van der Waals surface area contributed by atoms with Gasteiger partial charge in [-0.05, 0) is 23.6 Å². The van der Waals surface area contributed by atoms with Crippen LogP contribution in [0.4, 0.5) is 5.69 Å². The Hall–Kier alpha value is -3.25. The van der Waals surface area contributed by atoms with Crippen LogP contribution in [0.25, 0.3) is 32.6 Å². The summed E-state index contributed by atoms with van der Waals surface area (Å²) in [5.41, 5.74) is 2.89. The number of thiazole rings is 1. The number of rotatable bonds is 2. The van der Waals surface area contributed by atoms with Gasteiger partial charge in [0, 0.05) is 28.6 Å². The second-order valence-electron chi connectivity index (χ2n) is 6.05. The minimum absolute atomic E-state index is 0.0789. The van der Waals surface area contributed by atoms with E-state index in [4.69, 9.17) is 9.72 Å². The minimum Gasteiger partial charge on any atom is -0.487 e. The summed E-state index contributed by atoms with van der Waals surface area (Å²) < 4.78 is 6.04. The number of nitro benzene ring substituents is 1. The van der Waals surface area contributed by atoms with Crippen LogP contribution in [0.15, 0.2) is 60.7 Å². The molecule has 0 unspecified atom stereocenters. The molecule has 126 valence electrons. The van der Waals surface area contributed by atoms with Gasteiger partial charge in [0.05, 0.1) is 15.5 Å². The van der Waals surface area contributed by atoms with Crippen LogP contribution < -0.4 is 4.74 Å². The first-order chi connectivity index (χ1) is 12.7. The molecule has 1 aliphatic heterocycles. The Balaban J connectivity index is 1.62. The average molecular weight is 360 g/mol. The molecule has 1 aromatic heterocycles. The summed E-state index contributed by atoms with van der Waals surface area (Å²) in [4.78, 5) is 16.3. The van der Waals surface area contributed by atoms with Gasteiger partial charge < -0.3 is 4.74 Å². The molecule has 5 nitrogen and oxygen atoms in total. The molecule has 0 spiro atoms. The van der Waals surface area contributed by atoms with Crippen LogP contribution in [0.2, 0.25) is 0 Å². The summed E-state index contributed by atoms with van der Waals surface area (Å²) in [6.45, 7) is 0.487. The first kappa shape index (κ1) is 15.0. The van der Waals surface area contributed by atoms with Crippen molar-refractivity contribution in [2.75, 3.05) is 0 Å². The van der Waals surface area contributed by atoms with Crippen molar-refractivity contribution in [2.45, 2.75) is 6.61 Å². The van der Waals surface area contributed by atoms with Gasteiger partial charge in [-0.2, -0.15) is 0 Å². The number of benzene rings is 3. The lowest BCUT2D eigenvalue weighted by Gasteiger charge is -2.18. The molecule has 0 saturated heterocycles. The summed E-state index contributed by atoms with van der Waals surface area (Å²) in [5, 5.41) is 13.9. The number of aromatic nitrogens is 1. The van der Waals surface area contributed by atoms with E-state index < -0.39 is 4.92 Å². The number of non-ortho nitro benzene ring substituents is 1. The molecule has 4 aromatic rings. The fraction of sp³-hybridized carbons (Fsp3) is 0.0500. The third kappa shape index (κ3) is 2.27. The van der Waals surface area contributed by atoms with Gasteiger partial charge in [0.2, 0.25) is 0 Å². The number of hydrogen-bond donors (Lipinski definition) is 0. The van der Waals surface area contributed by atoms with Crippen molar-refractivity contribution in [2.24, 2.45) is 0 Å². The Kier molecular flexibility index (Phi) is 3.26. The zero-order chi connectivity index (χ0) is 17.7. The summed E-state index contributed by atoms with van der Waals surface area (Å²) in [6.07, 6.45) is 0. The Morgan fingerprint density at radius 3 is 2.65 bits per heavy atom. The van der Waals surface area contributed by atoms with Crippen molar-refractivity contribution in [3.05, 3.63) is 75.7 Å². The highest BCUT2D eigenvalue weighted by atomic mass is 32.1. The van der Waals surface area contributed by atoms with E-state index in [9.17, 15) is 10.1 Å². The highest BCUT2D eigenvalue weighted by Crippen LogP contribution is 2.45. The van der Waals surface area contributed by atoms with Crippen molar-refractivity contribution in [3.63, 3.8) is 0 Å². The van der Waals surface area contributed by atoms with Crippen LogP contribution in [-0.4, -0.2) is 9.91 Å². The van der Waals surface area contributed by atoms with Gasteiger partial charge in [0.1, 0.15) is 17.4 Å². The number of fused-ring (bicyclic) bond motifs is 5. The van der Waals surface area contributed by atoms with E-state index >= 15 is 0 Å². The Morgan fingerprint density at radius 1 is 1.04 bits per heavy atom. The number of hydrogen-bond acceptors (Lipinski definition) is 5. The van der Waals surface area contributed by atoms with Crippen LogP contribution in [0.1, 0.15) is 4.88 Å². The number of nitro groups is 1. The van der Waals surface area contributed by atoms with Crippen molar-refractivity contribution >= 4 is 27.8 Å². The average Bonchev–Trinajstić information content (AvgIpc) is 3.12. The van der Waals surface area contributed by atoms with Gasteiger partial charge in [-0.25, -0.2) is 4.98 Å². The zero-order valence-electron chi connectivity index (χ0n) is 13.5. The molecule has 0 amide bonds. The smallest absolute Gasteiger partial charge is 0.269 e. The van der Waals surface area contributed by atoms with Gasteiger partial charge in [-0.15, -0.1) is 11.3 Å². The maximum Gasteiger partial charge on any atom is 0.269 e. The van der Waals surface area contributed by atoms with E-state index in [1.807, 2.05) is 12.1 Å². The fourth-order valence-electron chi connectivity index (χ4n) is 3.23. The van der Waals surface area contributed by atoms with E-state index in [0.29, 0.717) is 6.61 Å². The largest absolute Gasteiger partial charge is 0.487 e. The van der Waals surface area contributed by atoms with E-state index in [1.54, 1.807) is 23.5 Å². The molecule has 0 N–H and O–H groups in total. The SMILES string of the molecule is O=[N+]([O-])c1ccc(-c2nc3c(s2)COc2c-3ccc3ccccc23)cc1. The van der Waals surface area contributed by atoms with E-state index in [-0.39, 0.29) is 5.69 Å². The van der Waals surface area contributed by atoms with E-state index in [1.165, 1.54) is 12.1 Å². The molecule has 1 aliphatic rings. The maximum absolute atomic E-state index is 10.8. The second-order valence-corrected chi connectivity index (χ2v) is 7.13. The second kappa shape index (κ2) is 5.64. The molecule has 26 heavy (non-hydrogen) atoms. The molecule has 0 fully saturated rings. The quantitative estimate of drug-likeness (QED) is 0.353. The molecule has 0 saturated carbocycles. The van der Waals surface area contributed by atoms with Crippen molar-refractivity contribution in [3.8, 4) is 27.6 Å². The summed E-state index contributed by atoms with van der Waals surface area (Å²) in [5.74, 6) is 0.871. The predicted molar refractivity (Wildman–Crippen MR) is 101 cm³/mol. The normalized spacial score (nSPS) is 12.3. The van der Waals surface area contributed by atoms with Gasteiger partial charge in [0.25, 0.3) is 5.69 Å². The summed E-state index contributed by atoms with van der Waals surface area (Å²) in [7, 11) is 0. The maximum atomic E-state index is 10.8. The minimum atomic E-state index is -0.397. The topological polar surface area (TPSA) is 65.3 Å². The first-order valence-electron chi connectivity index (χ1n) is 8.10. The van der Waals surface area contributed by atoms with Crippen LogP contribution in [-0.2, 0) is 6.61 Å². The van der Waals surface area contributed by atoms with E-state index in [2.05, 4.69) is 24.3 Å². The molecule has 5 rings (SSSR count). The third-order valence-corrected chi connectivity index (χ3v) is 5.58.